The molecule has 0 fully saturated rings. The van der Waals surface area contributed by atoms with Crippen LogP contribution >= 0.6 is 0 Å². The van der Waals surface area contributed by atoms with E-state index in [2.05, 4.69) is 20.6 Å². The molecule has 0 radical (unpaired) electrons. The van der Waals surface area contributed by atoms with Gasteiger partial charge in [-0.3, -0.25) is 0 Å². The molecule has 0 unspecified atom stereocenters. The average molecular weight is 278 g/mol. The minimum atomic E-state index is -0.521. The van der Waals surface area contributed by atoms with Gasteiger partial charge in [0, 0.05) is 18.2 Å². The van der Waals surface area contributed by atoms with Crippen LogP contribution in [0.5, 0.6) is 0 Å². The van der Waals surface area contributed by atoms with E-state index in [9.17, 15) is 8.78 Å². The molecule has 0 saturated carbocycles. The second-order valence-corrected chi connectivity index (χ2v) is 4.43. The van der Waals surface area contributed by atoms with Crippen molar-refractivity contribution in [2.24, 2.45) is 0 Å². The molecule has 1 aromatic heterocycles. The Morgan fingerprint density at radius 3 is 2.45 bits per heavy atom. The number of anilines is 3. The molecule has 0 aliphatic carbocycles. The minimum absolute atomic E-state index is 0.0531. The molecule has 20 heavy (non-hydrogen) atoms. The predicted octanol–water partition coefficient (Wildman–Crippen LogP) is 3.55. The first-order valence-corrected chi connectivity index (χ1v) is 6.31. The third kappa shape index (κ3) is 2.84. The topological polar surface area (TPSA) is 49.8 Å². The van der Waals surface area contributed by atoms with Gasteiger partial charge >= 0.3 is 0 Å². The van der Waals surface area contributed by atoms with Crippen molar-refractivity contribution in [1.29, 1.82) is 0 Å². The summed E-state index contributed by atoms with van der Waals surface area (Å²) in [5.41, 5.74) is 1.06. The van der Waals surface area contributed by atoms with Crippen LogP contribution in [-0.4, -0.2) is 16.5 Å². The van der Waals surface area contributed by atoms with Crippen molar-refractivity contribution in [3.05, 3.63) is 41.2 Å². The monoisotopic (exact) mass is 278 g/mol. The van der Waals surface area contributed by atoms with Gasteiger partial charge in [0.25, 0.3) is 0 Å². The Labute approximate surface area is 116 Å². The zero-order valence-electron chi connectivity index (χ0n) is 11.6. The van der Waals surface area contributed by atoms with Gasteiger partial charge in [-0.1, -0.05) is 0 Å². The van der Waals surface area contributed by atoms with Crippen LogP contribution in [0.2, 0.25) is 0 Å². The molecular formula is C14H16F2N4. The van der Waals surface area contributed by atoms with E-state index in [4.69, 9.17) is 0 Å². The van der Waals surface area contributed by atoms with E-state index in [1.54, 1.807) is 0 Å². The van der Waals surface area contributed by atoms with Crippen LogP contribution in [-0.2, 0) is 0 Å². The first-order valence-electron chi connectivity index (χ1n) is 6.31. The molecule has 0 amide bonds. The normalized spacial score (nSPS) is 10.4. The van der Waals surface area contributed by atoms with Crippen molar-refractivity contribution in [1.82, 2.24) is 9.97 Å². The van der Waals surface area contributed by atoms with E-state index < -0.39 is 11.6 Å². The Morgan fingerprint density at radius 1 is 1.05 bits per heavy atom. The molecule has 106 valence electrons. The number of hydrogen-bond donors (Lipinski definition) is 2. The van der Waals surface area contributed by atoms with E-state index >= 15 is 0 Å². The van der Waals surface area contributed by atoms with Crippen LogP contribution in [0.1, 0.15) is 18.1 Å². The van der Waals surface area contributed by atoms with Crippen molar-refractivity contribution in [3.63, 3.8) is 0 Å². The highest BCUT2D eigenvalue weighted by Gasteiger charge is 2.11. The molecule has 2 rings (SSSR count). The van der Waals surface area contributed by atoms with Crippen LogP contribution in [0.4, 0.5) is 26.1 Å². The summed E-state index contributed by atoms with van der Waals surface area (Å²) in [7, 11) is 0. The summed E-state index contributed by atoms with van der Waals surface area (Å²) in [5, 5.41) is 5.88. The largest absolute Gasteiger partial charge is 0.370 e. The highest BCUT2D eigenvalue weighted by Crippen LogP contribution is 2.25. The standard InChI is InChI=1S/C14H16F2N4/c1-4-17-13-9(3)14(19-7-18-13)20-12-6-10(15)8(2)5-11(12)16/h5-7H,4H2,1-3H3,(H2,17,18,19,20). The number of aromatic nitrogens is 2. The maximum Gasteiger partial charge on any atom is 0.147 e. The maximum absolute atomic E-state index is 13.8. The smallest absolute Gasteiger partial charge is 0.147 e. The number of benzene rings is 1. The Balaban J connectivity index is 2.35. The highest BCUT2D eigenvalue weighted by molar-refractivity contribution is 5.64. The van der Waals surface area contributed by atoms with Gasteiger partial charge in [0.15, 0.2) is 0 Å². The molecule has 0 atom stereocenters. The lowest BCUT2D eigenvalue weighted by molar-refractivity contribution is 0.595. The van der Waals surface area contributed by atoms with Crippen LogP contribution in [0.3, 0.4) is 0 Å². The molecule has 4 nitrogen and oxygen atoms in total. The zero-order valence-corrected chi connectivity index (χ0v) is 11.6. The molecule has 0 aliphatic heterocycles. The SMILES string of the molecule is CCNc1ncnc(Nc2cc(F)c(C)cc2F)c1C. The quantitative estimate of drug-likeness (QED) is 0.898. The van der Waals surface area contributed by atoms with E-state index in [0.717, 1.165) is 17.7 Å². The van der Waals surface area contributed by atoms with Crippen molar-refractivity contribution in [2.75, 3.05) is 17.2 Å². The molecule has 0 spiro atoms. The van der Waals surface area contributed by atoms with Crippen LogP contribution in [0.25, 0.3) is 0 Å². The van der Waals surface area contributed by atoms with Crippen LogP contribution in [0, 0.1) is 25.5 Å². The van der Waals surface area contributed by atoms with Gasteiger partial charge in [0.2, 0.25) is 0 Å². The summed E-state index contributed by atoms with van der Waals surface area (Å²) >= 11 is 0. The number of rotatable bonds is 4. The second-order valence-electron chi connectivity index (χ2n) is 4.43. The summed E-state index contributed by atoms with van der Waals surface area (Å²) in [5.74, 6) is 0.121. The van der Waals surface area contributed by atoms with E-state index in [1.165, 1.54) is 13.3 Å². The molecule has 1 aromatic carbocycles. The summed E-state index contributed by atoms with van der Waals surface area (Å²) in [6.45, 7) is 5.98. The fraction of sp³-hybridized carbons (Fsp3) is 0.286. The van der Waals surface area contributed by atoms with Crippen LogP contribution < -0.4 is 10.6 Å². The first kappa shape index (κ1) is 14.2. The lowest BCUT2D eigenvalue weighted by atomic mass is 10.2. The van der Waals surface area contributed by atoms with Gasteiger partial charge < -0.3 is 10.6 Å². The van der Waals surface area contributed by atoms with Crippen LogP contribution in [0.15, 0.2) is 18.5 Å². The zero-order chi connectivity index (χ0) is 14.7. The van der Waals surface area contributed by atoms with Gasteiger partial charge in [-0.25, -0.2) is 18.7 Å². The van der Waals surface area contributed by atoms with Crippen molar-refractivity contribution < 1.29 is 8.78 Å². The molecule has 1 heterocycles. The summed E-state index contributed by atoms with van der Waals surface area (Å²) in [4.78, 5) is 8.15. The number of hydrogen-bond acceptors (Lipinski definition) is 4. The summed E-state index contributed by atoms with van der Waals surface area (Å²) < 4.78 is 27.3. The third-order valence-electron chi connectivity index (χ3n) is 2.93. The number of aryl methyl sites for hydroxylation is 1. The van der Waals surface area contributed by atoms with E-state index in [0.29, 0.717) is 18.2 Å². The lowest BCUT2D eigenvalue weighted by Crippen LogP contribution is -2.06. The molecule has 0 saturated heterocycles. The Bertz CT molecular complexity index is 629. The predicted molar refractivity (Wildman–Crippen MR) is 75.3 cm³/mol. The summed E-state index contributed by atoms with van der Waals surface area (Å²) in [6, 6.07) is 2.28. The fourth-order valence-corrected chi connectivity index (χ4v) is 1.79. The maximum atomic E-state index is 13.8. The second kappa shape index (κ2) is 5.81. The van der Waals surface area contributed by atoms with Crippen molar-refractivity contribution in [3.8, 4) is 0 Å². The lowest BCUT2D eigenvalue weighted by Gasteiger charge is -2.13. The van der Waals surface area contributed by atoms with Crippen molar-refractivity contribution >= 4 is 17.3 Å². The summed E-state index contributed by atoms with van der Waals surface area (Å²) in [6.07, 6.45) is 1.37. The van der Waals surface area contributed by atoms with Crippen molar-refractivity contribution in [2.45, 2.75) is 20.8 Å². The van der Waals surface area contributed by atoms with Gasteiger partial charge in [0.1, 0.15) is 29.6 Å². The Hall–Kier alpha value is -2.24. The van der Waals surface area contributed by atoms with Gasteiger partial charge in [-0.15, -0.1) is 0 Å². The van der Waals surface area contributed by atoms with Gasteiger partial charge in [-0.05, 0) is 32.4 Å². The Kier molecular flexibility index (Phi) is 4.12. The average Bonchev–Trinajstić information content (AvgIpc) is 2.40. The van der Waals surface area contributed by atoms with E-state index in [-0.39, 0.29) is 11.3 Å². The molecule has 2 N–H and O–H groups in total. The minimum Gasteiger partial charge on any atom is -0.370 e. The van der Waals surface area contributed by atoms with Gasteiger partial charge in [-0.2, -0.15) is 0 Å². The number of nitrogens with zero attached hydrogens (tertiary/aromatic N) is 2. The molecule has 2 aromatic rings. The molecule has 0 bridgehead atoms. The van der Waals surface area contributed by atoms with Gasteiger partial charge in [0.05, 0.1) is 5.69 Å². The molecule has 6 heteroatoms. The number of halogens is 2. The third-order valence-corrected chi connectivity index (χ3v) is 2.93. The highest BCUT2D eigenvalue weighted by atomic mass is 19.1. The molecular weight excluding hydrogens is 262 g/mol. The van der Waals surface area contributed by atoms with E-state index in [1.807, 2.05) is 13.8 Å². The number of nitrogens with one attached hydrogen (secondary N) is 2. The first-order chi connectivity index (χ1) is 9.52. The Morgan fingerprint density at radius 2 is 1.75 bits per heavy atom. The fourth-order valence-electron chi connectivity index (χ4n) is 1.79. The molecule has 0 aliphatic rings.